The van der Waals surface area contributed by atoms with Crippen molar-refractivity contribution in [3.05, 3.63) is 12.3 Å². The second-order valence-corrected chi connectivity index (χ2v) is 7.08. The summed E-state index contributed by atoms with van der Waals surface area (Å²) >= 11 is 0. The van der Waals surface area contributed by atoms with Gasteiger partial charge in [-0.3, -0.25) is 0 Å². The normalized spacial score (nSPS) is 55.7. The maximum Gasteiger partial charge on any atom is 0.210 e. The van der Waals surface area contributed by atoms with Crippen LogP contribution in [-0.2, 0) is 14.2 Å². The highest BCUT2D eigenvalue weighted by Crippen LogP contribution is 2.49. The average Bonchev–Trinajstić information content (AvgIpc) is 2.73. The van der Waals surface area contributed by atoms with Crippen LogP contribution in [0.5, 0.6) is 0 Å². The maximum absolute atomic E-state index is 10.7. The molecule has 0 bridgehead atoms. The Morgan fingerprint density at radius 2 is 1.76 bits per heavy atom. The SMILES string of the molecule is C[C@@]1(O)C[C@H](O)[C@@]2(O)C=CO[C@H](O[C@@H]3O[C@H](CO)[C@@H](O)[C@H](O)[C@H]3O)[C@H]21. The number of ether oxygens (including phenoxy) is 3. The lowest BCUT2D eigenvalue weighted by atomic mass is 9.81. The summed E-state index contributed by atoms with van der Waals surface area (Å²) in [5, 5.41) is 70.2. The van der Waals surface area contributed by atoms with Gasteiger partial charge in [-0.25, -0.2) is 0 Å². The van der Waals surface area contributed by atoms with Gasteiger partial charge in [0, 0.05) is 6.42 Å². The van der Waals surface area contributed by atoms with E-state index in [0.717, 1.165) is 6.26 Å². The molecule has 2 fully saturated rings. The molecule has 144 valence electrons. The fourth-order valence-corrected chi connectivity index (χ4v) is 3.84. The summed E-state index contributed by atoms with van der Waals surface area (Å²) in [5.41, 5.74) is -3.35. The first-order valence-corrected chi connectivity index (χ1v) is 8.04. The Morgan fingerprint density at radius 3 is 2.40 bits per heavy atom. The molecule has 0 aromatic carbocycles. The van der Waals surface area contributed by atoms with Crippen molar-refractivity contribution < 1.29 is 50.0 Å². The summed E-state index contributed by atoms with van der Waals surface area (Å²) in [5.74, 6) is -1.10. The largest absolute Gasteiger partial charge is 0.472 e. The molecule has 7 N–H and O–H groups in total. The van der Waals surface area contributed by atoms with Gasteiger partial charge in [-0.15, -0.1) is 0 Å². The van der Waals surface area contributed by atoms with Crippen LogP contribution in [0.1, 0.15) is 13.3 Å². The third-order valence-corrected chi connectivity index (χ3v) is 5.25. The quantitative estimate of drug-likeness (QED) is 0.267. The minimum absolute atomic E-state index is 0.129. The third kappa shape index (κ3) is 2.97. The van der Waals surface area contributed by atoms with Gasteiger partial charge in [-0.2, -0.15) is 0 Å². The van der Waals surface area contributed by atoms with Crippen molar-refractivity contribution in [1.82, 2.24) is 0 Å². The van der Waals surface area contributed by atoms with E-state index in [9.17, 15) is 35.7 Å². The minimum atomic E-state index is -1.81. The summed E-state index contributed by atoms with van der Waals surface area (Å²) in [4.78, 5) is 0. The van der Waals surface area contributed by atoms with Crippen LogP contribution < -0.4 is 0 Å². The number of aliphatic hydroxyl groups is 7. The maximum atomic E-state index is 10.7. The number of hydrogen-bond donors (Lipinski definition) is 7. The zero-order valence-electron chi connectivity index (χ0n) is 13.5. The van der Waals surface area contributed by atoms with E-state index in [1.807, 2.05) is 0 Å². The van der Waals surface area contributed by atoms with Crippen LogP contribution in [0.15, 0.2) is 12.3 Å². The molecule has 2 aliphatic heterocycles. The van der Waals surface area contributed by atoms with E-state index in [-0.39, 0.29) is 6.42 Å². The van der Waals surface area contributed by atoms with Crippen LogP contribution in [0.3, 0.4) is 0 Å². The molecule has 1 saturated carbocycles. The highest BCUT2D eigenvalue weighted by Gasteiger charge is 2.64. The molecule has 0 aromatic rings. The molecule has 10 atom stereocenters. The van der Waals surface area contributed by atoms with Gasteiger partial charge >= 0.3 is 0 Å². The van der Waals surface area contributed by atoms with Crippen LogP contribution in [-0.4, -0.2) is 96.7 Å². The zero-order valence-corrected chi connectivity index (χ0v) is 13.5. The second kappa shape index (κ2) is 6.41. The Morgan fingerprint density at radius 1 is 1.08 bits per heavy atom. The molecule has 0 unspecified atom stereocenters. The Labute approximate surface area is 143 Å². The first kappa shape index (κ1) is 19.0. The summed E-state index contributed by atoms with van der Waals surface area (Å²) < 4.78 is 16.0. The standard InChI is InChI=1S/C15H24O10/c1-14(21)4-7(17)15(22)2-3-23-13(11(14)15)25-12-10(20)9(19)8(18)6(5-16)24-12/h2-3,6-13,16-22H,4-5H2,1H3/t6-,7+,8-,9+,10-,11+,12+,13-,14-,15+/m1/s1. The number of rotatable bonds is 3. The van der Waals surface area contributed by atoms with Gasteiger partial charge in [-0.1, -0.05) is 0 Å². The van der Waals surface area contributed by atoms with Crippen molar-refractivity contribution in [2.24, 2.45) is 5.92 Å². The lowest BCUT2D eigenvalue weighted by molar-refractivity contribution is -0.351. The number of fused-ring (bicyclic) bond motifs is 1. The van der Waals surface area contributed by atoms with Crippen molar-refractivity contribution in [1.29, 1.82) is 0 Å². The molecule has 3 rings (SSSR count). The molecule has 0 amide bonds. The molecule has 0 aromatic heterocycles. The Kier molecular flexibility index (Phi) is 4.86. The van der Waals surface area contributed by atoms with Gasteiger partial charge in [0.15, 0.2) is 6.29 Å². The van der Waals surface area contributed by atoms with Gasteiger partial charge in [0.05, 0.1) is 30.5 Å². The molecule has 0 spiro atoms. The van der Waals surface area contributed by atoms with E-state index in [0.29, 0.717) is 0 Å². The molecule has 1 saturated heterocycles. The van der Waals surface area contributed by atoms with Crippen molar-refractivity contribution in [2.75, 3.05) is 6.61 Å². The van der Waals surface area contributed by atoms with Crippen LogP contribution in [0.4, 0.5) is 0 Å². The monoisotopic (exact) mass is 364 g/mol. The van der Waals surface area contributed by atoms with Crippen LogP contribution in [0.25, 0.3) is 0 Å². The van der Waals surface area contributed by atoms with Crippen molar-refractivity contribution >= 4 is 0 Å². The highest BCUT2D eigenvalue weighted by atomic mass is 16.8. The summed E-state index contributed by atoms with van der Waals surface area (Å²) in [6.45, 7) is 0.783. The highest BCUT2D eigenvalue weighted by molar-refractivity contribution is 5.21. The van der Waals surface area contributed by atoms with Crippen molar-refractivity contribution in [3.8, 4) is 0 Å². The smallest absolute Gasteiger partial charge is 0.210 e. The van der Waals surface area contributed by atoms with E-state index >= 15 is 0 Å². The molecule has 3 aliphatic rings. The summed E-state index contributed by atoms with van der Waals surface area (Å²) in [7, 11) is 0. The molecule has 10 heteroatoms. The molecule has 0 radical (unpaired) electrons. The van der Waals surface area contributed by atoms with E-state index in [1.54, 1.807) is 0 Å². The second-order valence-electron chi connectivity index (χ2n) is 7.08. The van der Waals surface area contributed by atoms with E-state index in [1.165, 1.54) is 13.0 Å². The Balaban J connectivity index is 1.81. The molecular formula is C15H24O10. The van der Waals surface area contributed by atoms with Crippen molar-refractivity contribution in [2.45, 2.75) is 67.6 Å². The number of aliphatic hydroxyl groups excluding tert-OH is 5. The fraction of sp³-hybridized carbons (Fsp3) is 0.867. The van der Waals surface area contributed by atoms with E-state index < -0.39 is 66.8 Å². The zero-order chi connectivity index (χ0) is 18.6. The van der Waals surface area contributed by atoms with Crippen molar-refractivity contribution in [3.63, 3.8) is 0 Å². The van der Waals surface area contributed by atoms with Crippen LogP contribution in [0, 0.1) is 5.92 Å². The van der Waals surface area contributed by atoms with Crippen LogP contribution >= 0.6 is 0 Å². The van der Waals surface area contributed by atoms with Crippen LogP contribution in [0.2, 0.25) is 0 Å². The fourth-order valence-electron chi connectivity index (χ4n) is 3.84. The third-order valence-electron chi connectivity index (χ3n) is 5.25. The molecule has 1 aliphatic carbocycles. The molecule has 2 heterocycles. The summed E-state index contributed by atoms with van der Waals surface area (Å²) in [6, 6.07) is 0. The number of hydrogen-bond acceptors (Lipinski definition) is 10. The summed E-state index contributed by atoms with van der Waals surface area (Å²) in [6.07, 6.45) is -7.87. The molecule has 10 nitrogen and oxygen atoms in total. The van der Waals surface area contributed by atoms with E-state index in [4.69, 9.17) is 14.2 Å². The minimum Gasteiger partial charge on any atom is -0.472 e. The Bertz CT molecular complexity index is 522. The van der Waals surface area contributed by atoms with Gasteiger partial charge in [0.2, 0.25) is 6.29 Å². The Hall–Kier alpha value is -0.820. The van der Waals surface area contributed by atoms with E-state index in [2.05, 4.69) is 0 Å². The van der Waals surface area contributed by atoms with Gasteiger partial charge in [-0.05, 0) is 13.0 Å². The predicted octanol–water partition coefficient (Wildman–Crippen LogP) is -3.46. The topological polar surface area (TPSA) is 169 Å². The first-order chi connectivity index (χ1) is 11.6. The average molecular weight is 364 g/mol. The lowest BCUT2D eigenvalue weighted by Gasteiger charge is -2.45. The predicted molar refractivity (Wildman–Crippen MR) is 78.6 cm³/mol. The van der Waals surface area contributed by atoms with Gasteiger partial charge < -0.3 is 50.0 Å². The van der Waals surface area contributed by atoms with Gasteiger partial charge in [0.1, 0.15) is 30.0 Å². The molecule has 25 heavy (non-hydrogen) atoms. The lowest BCUT2D eigenvalue weighted by Crippen LogP contribution is -2.61. The molecular weight excluding hydrogens is 340 g/mol. The first-order valence-electron chi connectivity index (χ1n) is 8.04. The van der Waals surface area contributed by atoms with Gasteiger partial charge in [0.25, 0.3) is 0 Å².